The topological polar surface area (TPSA) is 151 Å². The lowest BCUT2D eigenvalue weighted by atomic mass is 10.2. The Kier molecular flexibility index (Phi) is 11.7. The molecule has 0 bridgehead atoms. The molecular formula is C17H32N6O4. The highest BCUT2D eigenvalue weighted by atomic mass is 16.6. The molecule has 2 heterocycles. The largest absolute Gasteiger partial charge is 0.463 e. The standard InChI is InChI=1S/C13H20N6O4.2C2H6/c1-7(2)12(21)23-4-3-22-8(5-20)19-6-16-9-10(14)17-13(15)18-11(9)19;2*1-2/h6-8,20H,3-5H2,1-2H3,(H4,14,15,17,18);2*1-2H3. The molecule has 0 radical (unpaired) electrons. The molecule has 0 aromatic carbocycles. The van der Waals surface area contributed by atoms with Crippen LogP contribution in [0.4, 0.5) is 11.8 Å². The third-order valence-electron chi connectivity index (χ3n) is 3.04. The highest BCUT2D eigenvalue weighted by Gasteiger charge is 2.17. The molecule has 10 heteroatoms. The number of aliphatic hydroxyl groups excluding tert-OH is 1. The van der Waals surface area contributed by atoms with E-state index in [0.29, 0.717) is 11.2 Å². The summed E-state index contributed by atoms with van der Waals surface area (Å²) in [5.74, 6) is -0.368. The maximum atomic E-state index is 11.3. The van der Waals surface area contributed by atoms with E-state index in [1.807, 2.05) is 27.7 Å². The van der Waals surface area contributed by atoms with E-state index in [1.165, 1.54) is 10.9 Å². The predicted molar refractivity (Wildman–Crippen MR) is 105 cm³/mol. The Hall–Kier alpha value is -2.46. The second kappa shape index (κ2) is 12.8. The van der Waals surface area contributed by atoms with Crippen molar-refractivity contribution in [2.75, 3.05) is 31.3 Å². The molecule has 2 aromatic rings. The summed E-state index contributed by atoms with van der Waals surface area (Å²) in [5, 5.41) is 9.51. The summed E-state index contributed by atoms with van der Waals surface area (Å²) >= 11 is 0. The van der Waals surface area contributed by atoms with Gasteiger partial charge in [-0.25, -0.2) is 4.98 Å². The number of esters is 1. The minimum Gasteiger partial charge on any atom is -0.463 e. The minimum absolute atomic E-state index is 0.000645. The number of anilines is 2. The summed E-state index contributed by atoms with van der Waals surface area (Å²) in [6.45, 7) is 11.4. The molecule has 10 nitrogen and oxygen atoms in total. The van der Waals surface area contributed by atoms with E-state index in [1.54, 1.807) is 13.8 Å². The van der Waals surface area contributed by atoms with Gasteiger partial charge in [0.25, 0.3) is 0 Å². The van der Waals surface area contributed by atoms with Crippen LogP contribution in [0.25, 0.3) is 11.2 Å². The fourth-order valence-corrected chi connectivity index (χ4v) is 1.88. The molecule has 154 valence electrons. The molecule has 2 rings (SSSR count). The van der Waals surface area contributed by atoms with Gasteiger partial charge in [0.2, 0.25) is 5.95 Å². The van der Waals surface area contributed by atoms with Gasteiger partial charge in [0.15, 0.2) is 17.7 Å². The van der Waals surface area contributed by atoms with Gasteiger partial charge in [-0.3, -0.25) is 9.36 Å². The SMILES string of the molecule is CC.CC.CC(C)C(=O)OCCOC(CO)n1cnc2c(N)nc(N)nc21. The molecule has 1 unspecified atom stereocenters. The van der Waals surface area contributed by atoms with Crippen LogP contribution in [0.2, 0.25) is 0 Å². The Labute approximate surface area is 159 Å². The Bertz CT molecular complexity index is 689. The molecule has 0 fully saturated rings. The summed E-state index contributed by atoms with van der Waals surface area (Å²) in [4.78, 5) is 23.3. The number of hydrogen-bond donors (Lipinski definition) is 3. The molecule has 0 saturated heterocycles. The van der Waals surface area contributed by atoms with Crippen molar-refractivity contribution in [3.8, 4) is 0 Å². The number of imidazole rings is 1. The van der Waals surface area contributed by atoms with Crippen molar-refractivity contribution in [3.05, 3.63) is 6.33 Å². The van der Waals surface area contributed by atoms with Gasteiger partial charge >= 0.3 is 5.97 Å². The number of hydrogen-bond acceptors (Lipinski definition) is 9. The Morgan fingerprint density at radius 2 is 1.81 bits per heavy atom. The molecule has 0 amide bonds. The van der Waals surface area contributed by atoms with Crippen LogP contribution in [0.15, 0.2) is 6.33 Å². The lowest BCUT2D eigenvalue weighted by Gasteiger charge is -2.17. The molecule has 0 saturated carbocycles. The van der Waals surface area contributed by atoms with Crippen molar-refractivity contribution >= 4 is 28.9 Å². The van der Waals surface area contributed by atoms with Gasteiger partial charge in [-0.05, 0) is 0 Å². The number of aromatic nitrogens is 4. The smallest absolute Gasteiger partial charge is 0.308 e. The maximum Gasteiger partial charge on any atom is 0.308 e. The van der Waals surface area contributed by atoms with E-state index in [0.717, 1.165) is 0 Å². The molecule has 0 spiro atoms. The number of carbonyl (C=O) groups excluding carboxylic acids is 1. The highest BCUT2D eigenvalue weighted by Crippen LogP contribution is 2.21. The van der Waals surface area contributed by atoms with Crippen LogP contribution in [0, 0.1) is 5.92 Å². The average molecular weight is 384 g/mol. The molecular weight excluding hydrogens is 352 g/mol. The van der Waals surface area contributed by atoms with Gasteiger partial charge in [0.1, 0.15) is 12.1 Å². The van der Waals surface area contributed by atoms with Crippen LogP contribution in [-0.4, -0.2) is 50.4 Å². The van der Waals surface area contributed by atoms with Crippen molar-refractivity contribution in [2.24, 2.45) is 5.92 Å². The van der Waals surface area contributed by atoms with Crippen molar-refractivity contribution < 1.29 is 19.4 Å². The first kappa shape index (κ1) is 24.5. The Morgan fingerprint density at radius 3 is 2.37 bits per heavy atom. The summed E-state index contributed by atoms with van der Waals surface area (Å²) in [6.07, 6.45) is 0.669. The van der Waals surface area contributed by atoms with E-state index >= 15 is 0 Å². The third-order valence-corrected chi connectivity index (χ3v) is 3.04. The normalized spacial score (nSPS) is 11.3. The zero-order valence-electron chi connectivity index (χ0n) is 17.0. The fraction of sp³-hybridized carbons (Fsp3) is 0.647. The molecule has 0 aliphatic carbocycles. The monoisotopic (exact) mass is 384 g/mol. The zero-order valence-corrected chi connectivity index (χ0v) is 17.0. The third kappa shape index (κ3) is 6.99. The van der Waals surface area contributed by atoms with Crippen LogP contribution in [0.5, 0.6) is 0 Å². The fourth-order valence-electron chi connectivity index (χ4n) is 1.88. The number of rotatable bonds is 7. The van der Waals surface area contributed by atoms with E-state index < -0.39 is 6.23 Å². The molecule has 0 aliphatic rings. The van der Waals surface area contributed by atoms with Gasteiger partial charge in [-0.1, -0.05) is 41.5 Å². The summed E-state index contributed by atoms with van der Waals surface area (Å²) in [5.41, 5.74) is 12.0. The van der Waals surface area contributed by atoms with Crippen molar-refractivity contribution in [3.63, 3.8) is 0 Å². The van der Waals surface area contributed by atoms with Crippen LogP contribution >= 0.6 is 0 Å². The first-order valence-corrected chi connectivity index (χ1v) is 9.08. The molecule has 0 aliphatic heterocycles. The highest BCUT2D eigenvalue weighted by molar-refractivity contribution is 5.82. The number of carbonyl (C=O) groups is 1. The summed E-state index contributed by atoms with van der Waals surface area (Å²) in [6, 6.07) is 0. The van der Waals surface area contributed by atoms with Gasteiger partial charge in [0.05, 0.1) is 25.5 Å². The number of nitrogens with zero attached hydrogens (tertiary/aromatic N) is 4. The zero-order chi connectivity index (χ0) is 21.0. The van der Waals surface area contributed by atoms with E-state index in [-0.39, 0.29) is 43.5 Å². The predicted octanol–water partition coefficient (Wildman–Crippen LogP) is 1.75. The first-order valence-electron chi connectivity index (χ1n) is 9.08. The minimum atomic E-state index is -0.758. The number of nitrogen functional groups attached to an aromatic ring is 2. The van der Waals surface area contributed by atoms with E-state index in [2.05, 4.69) is 15.0 Å². The Balaban J connectivity index is 0.00000158. The van der Waals surface area contributed by atoms with Crippen molar-refractivity contribution in [1.82, 2.24) is 19.5 Å². The van der Waals surface area contributed by atoms with Gasteiger partial charge < -0.3 is 26.0 Å². The quantitative estimate of drug-likeness (QED) is 0.479. The van der Waals surface area contributed by atoms with E-state index in [4.69, 9.17) is 20.9 Å². The van der Waals surface area contributed by atoms with Gasteiger partial charge in [-0.15, -0.1) is 0 Å². The van der Waals surface area contributed by atoms with Crippen LogP contribution in [-0.2, 0) is 14.3 Å². The van der Waals surface area contributed by atoms with Crippen LogP contribution in [0.3, 0.4) is 0 Å². The Morgan fingerprint density at radius 1 is 1.19 bits per heavy atom. The van der Waals surface area contributed by atoms with E-state index in [9.17, 15) is 9.90 Å². The maximum absolute atomic E-state index is 11.3. The number of nitrogens with two attached hydrogens (primary N) is 2. The number of aliphatic hydroxyl groups is 1. The number of ether oxygens (including phenoxy) is 2. The van der Waals surface area contributed by atoms with Gasteiger partial charge in [0, 0.05) is 0 Å². The lowest BCUT2D eigenvalue weighted by Crippen LogP contribution is -2.21. The first-order chi connectivity index (χ1) is 12.9. The molecule has 2 aromatic heterocycles. The second-order valence-electron chi connectivity index (χ2n) is 5.12. The molecule has 27 heavy (non-hydrogen) atoms. The second-order valence-corrected chi connectivity index (χ2v) is 5.12. The van der Waals surface area contributed by atoms with Crippen molar-refractivity contribution in [1.29, 1.82) is 0 Å². The van der Waals surface area contributed by atoms with Crippen LogP contribution < -0.4 is 11.5 Å². The average Bonchev–Trinajstić information content (AvgIpc) is 3.09. The van der Waals surface area contributed by atoms with Gasteiger partial charge in [-0.2, -0.15) is 9.97 Å². The summed E-state index contributed by atoms with van der Waals surface area (Å²) in [7, 11) is 0. The van der Waals surface area contributed by atoms with Crippen LogP contribution in [0.1, 0.15) is 47.8 Å². The summed E-state index contributed by atoms with van der Waals surface area (Å²) < 4.78 is 12.0. The number of fused-ring (bicyclic) bond motifs is 1. The molecule has 5 N–H and O–H groups in total. The lowest BCUT2D eigenvalue weighted by molar-refractivity contribution is -0.150. The van der Waals surface area contributed by atoms with Crippen molar-refractivity contribution in [2.45, 2.75) is 47.8 Å². The molecule has 1 atom stereocenters.